The van der Waals surface area contributed by atoms with Crippen LogP contribution in [-0.4, -0.2) is 30.1 Å². The van der Waals surface area contributed by atoms with Crippen LogP contribution >= 0.6 is 0 Å². The molecule has 2 amide bonds. The van der Waals surface area contributed by atoms with Crippen molar-refractivity contribution in [2.24, 2.45) is 16.9 Å². The molecule has 0 heterocycles. The molecule has 104 valence electrons. The Balaban J connectivity index is 3.00. The minimum absolute atomic E-state index is 0.0121. The molecule has 1 rings (SSSR count). The first-order valence-corrected chi connectivity index (χ1v) is 5.84. The molecule has 6 nitrogen and oxygen atoms in total. The van der Waals surface area contributed by atoms with Crippen molar-refractivity contribution in [1.82, 2.24) is 0 Å². The molecule has 0 aliphatic carbocycles. The molecule has 0 bridgehead atoms. The first kappa shape index (κ1) is 15.0. The van der Waals surface area contributed by atoms with E-state index in [1.807, 2.05) is 13.8 Å². The molecule has 19 heavy (non-hydrogen) atoms. The molecule has 1 aromatic rings. The number of primary amides is 2. The third-order valence-corrected chi connectivity index (χ3v) is 2.70. The van der Waals surface area contributed by atoms with Gasteiger partial charge in [-0.05, 0) is 18.2 Å². The fraction of sp³-hybridized carbons (Fsp3) is 0.385. The Morgan fingerprint density at radius 1 is 1.16 bits per heavy atom. The van der Waals surface area contributed by atoms with Gasteiger partial charge in [0, 0.05) is 35.4 Å². The van der Waals surface area contributed by atoms with Gasteiger partial charge in [0.1, 0.15) is 0 Å². The van der Waals surface area contributed by atoms with E-state index >= 15 is 0 Å². The van der Waals surface area contributed by atoms with Crippen molar-refractivity contribution in [3.05, 3.63) is 29.3 Å². The predicted octanol–water partition coefficient (Wildman–Crippen LogP) is 0.315. The van der Waals surface area contributed by atoms with Gasteiger partial charge in [-0.3, -0.25) is 9.59 Å². The maximum Gasteiger partial charge on any atom is 0.248 e. The normalized spacial score (nSPS) is 11.1. The molecule has 1 aromatic carbocycles. The smallest absolute Gasteiger partial charge is 0.248 e. The van der Waals surface area contributed by atoms with Gasteiger partial charge in [-0.15, -0.1) is 0 Å². The molecule has 0 spiro atoms. The number of rotatable bonds is 6. The molecular weight excluding hydrogens is 246 g/mol. The zero-order valence-corrected chi connectivity index (χ0v) is 11.1. The first-order chi connectivity index (χ1) is 8.75. The standard InChI is InChI=1S/C13H19N3O3/c1-13(2,7-17)6-16-10-4-8(11(14)18)3-9(5-10)12(15)19/h3-5,16-17H,6-7H2,1-2H3,(H2,14,18)(H2,15,19). The van der Waals surface area contributed by atoms with Gasteiger partial charge in [-0.2, -0.15) is 0 Å². The number of anilines is 1. The van der Waals surface area contributed by atoms with E-state index in [0.717, 1.165) is 0 Å². The molecule has 0 aliphatic rings. The third kappa shape index (κ3) is 4.26. The second-order valence-electron chi connectivity index (χ2n) is 5.20. The average molecular weight is 265 g/mol. The van der Waals surface area contributed by atoms with Crippen LogP contribution in [0.5, 0.6) is 0 Å². The Morgan fingerprint density at radius 2 is 1.63 bits per heavy atom. The highest BCUT2D eigenvalue weighted by molar-refractivity contribution is 5.99. The summed E-state index contributed by atoms with van der Waals surface area (Å²) in [4.78, 5) is 22.4. The molecule has 0 unspecified atom stereocenters. The van der Waals surface area contributed by atoms with E-state index in [-0.39, 0.29) is 23.1 Å². The van der Waals surface area contributed by atoms with Crippen LogP contribution in [0.2, 0.25) is 0 Å². The maximum atomic E-state index is 11.2. The highest BCUT2D eigenvalue weighted by Gasteiger charge is 2.16. The highest BCUT2D eigenvalue weighted by Crippen LogP contribution is 2.19. The Hall–Kier alpha value is -2.08. The van der Waals surface area contributed by atoms with Crippen LogP contribution in [0, 0.1) is 5.41 Å². The number of hydrogen-bond donors (Lipinski definition) is 4. The van der Waals surface area contributed by atoms with Gasteiger partial charge in [0.15, 0.2) is 0 Å². The molecule has 0 aromatic heterocycles. The van der Waals surface area contributed by atoms with Gasteiger partial charge < -0.3 is 21.9 Å². The molecule has 0 radical (unpaired) electrons. The van der Waals surface area contributed by atoms with Gasteiger partial charge in [0.2, 0.25) is 11.8 Å². The summed E-state index contributed by atoms with van der Waals surface area (Å²) in [7, 11) is 0. The molecule has 0 fully saturated rings. The number of amides is 2. The lowest BCUT2D eigenvalue weighted by molar-refractivity contribution is 0.0999. The fourth-order valence-corrected chi connectivity index (χ4v) is 1.41. The topological polar surface area (TPSA) is 118 Å². The number of benzene rings is 1. The quantitative estimate of drug-likeness (QED) is 0.592. The van der Waals surface area contributed by atoms with Crippen molar-refractivity contribution >= 4 is 17.5 Å². The molecule has 0 saturated heterocycles. The van der Waals surface area contributed by atoms with Gasteiger partial charge >= 0.3 is 0 Å². The van der Waals surface area contributed by atoms with Crippen LogP contribution in [-0.2, 0) is 0 Å². The zero-order valence-electron chi connectivity index (χ0n) is 11.1. The summed E-state index contributed by atoms with van der Waals surface area (Å²) in [6.07, 6.45) is 0. The zero-order chi connectivity index (χ0) is 14.6. The van der Waals surface area contributed by atoms with Gasteiger partial charge in [0.05, 0.1) is 0 Å². The van der Waals surface area contributed by atoms with Crippen molar-refractivity contribution in [3.8, 4) is 0 Å². The van der Waals surface area contributed by atoms with Crippen molar-refractivity contribution in [1.29, 1.82) is 0 Å². The molecule has 0 aliphatic heterocycles. The minimum Gasteiger partial charge on any atom is -0.396 e. The van der Waals surface area contributed by atoms with Crippen molar-refractivity contribution < 1.29 is 14.7 Å². The van der Waals surface area contributed by atoms with Crippen molar-refractivity contribution in [3.63, 3.8) is 0 Å². The van der Waals surface area contributed by atoms with Gasteiger partial charge in [0.25, 0.3) is 0 Å². The van der Waals surface area contributed by atoms with E-state index in [4.69, 9.17) is 16.6 Å². The Bertz CT molecular complexity index is 466. The van der Waals surface area contributed by atoms with E-state index < -0.39 is 11.8 Å². The third-order valence-electron chi connectivity index (χ3n) is 2.70. The first-order valence-electron chi connectivity index (χ1n) is 5.84. The van der Waals surface area contributed by atoms with E-state index in [1.165, 1.54) is 6.07 Å². The summed E-state index contributed by atoms with van der Waals surface area (Å²) in [5.41, 5.74) is 11.1. The summed E-state index contributed by atoms with van der Waals surface area (Å²) in [6.45, 7) is 4.25. The summed E-state index contributed by atoms with van der Waals surface area (Å²) in [5.74, 6) is -1.26. The number of aliphatic hydroxyl groups excluding tert-OH is 1. The van der Waals surface area contributed by atoms with Crippen LogP contribution in [0.3, 0.4) is 0 Å². The SMILES string of the molecule is CC(C)(CO)CNc1cc(C(N)=O)cc(C(N)=O)c1. The van der Waals surface area contributed by atoms with Crippen LogP contribution in [0.4, 0.5) is 5.69 Å². The van der Waals surface area contributed by atoms with Crippen molar-refractivity contribution in [2.45, 2.75) is 13.8 Å². The molecular formula is C13H19N3O3. The van der Waals surface area contributed by atoms with Crippen LogP contribution < -0.4 is 16.8 Å². The summed E-state index contributed by atoms with van der Waals surface area (Å²) < 4.78 is 0. The second-order valence-corrected chi connectivity index (χ2v) is 5.20. The lowest BCUT2D eigenvalue weighted by Gasteiger charge is -2.22. The largest absolute Gasteiger partial charge is 0.396 e. The summed E-state index contributed by atoms with van der Waals surface area (Å²) >= 11 is 0. The van der Waals surface area contributed by atoms with E-state index in [2.05, 4.69) is 5.32 Å². The maximum absolute atomic E-state index is 11.2. The lowest BCUT2D eigenvalue weighted by atomic mass is 9.95. The monoisotopic (exact) mass is 265 g/mol. The van der Waals surface area contributed by atoms with Gasteiger partial charge in [-0.1, -0.05) is 13.8 Å². The minimum atomic E-state index is -0.632. The Labute approximate surface area is 111 Å². The van der Waals surface area contributed by atoms with Crippen LogP contribution in [0.15, 0.2) is 18.2 Å². The molecule has 6 heteroatoms. The summed E-state index contributed by atoms with van der Waals surface area (Å²) in [6, 6.07) is 4.44. The molecule has 0 saturated carbocycles. The summed E-state index contributed by atoms with van der Waals surface area (Å²) in [5, 5.41) is 12.2. The Kier molecular flexibility index (Phi) is 4.50. The fourth-order valence-electron chi connectivity index (χ4n) is 1.41. The highest BCUT2D eigenvalue weighted by atomic mass is 16.3. The number of carbonyl (C=O) groups is 2. The number of nitrogens with two attached hydrogens (primary N) is 2. The van der Waals surface area contributed by atoms with Crippen LogP contribution in [0.1, 0.15) is 34.6 Å². The molecule has 6 N–H and O–H groups in total. The van der Waals surface area contributed by atoms with E-state index in [1.54, 1.807) is 12.1 Å². The van der Waals surface area contributed by atoms with E-state index in [0.29, 0.717) is 12.2 Å². The number of carbonyl (C=O) groups excluding carboxylic acids is 2. The number of hydrogen-bond acceptors (Lipinski definition) is 4. The predicted molar refractivity (Wildman–Crippen MR) is 72.8 cm³/mol. The molecule has 0 atom stereocenters. The van der Waals surface area contributed by atoms with Crippen molar-refractivity contribution in [2.75, 3.05) is 18.5 Å². The number of aliphatic hydroxyl groups is 1. The average Bonchev–Trinajstić information content (AvgIpc) is 2.36. The Morgan fingerprint density at radius 3 is 2.00 bits per heavy atom. The number of nitrogens with one attached hydrogen (secondary N) is 1. The van der Waals surface area contributed by atoms with Crippen LogP contribution in [0.25, 0.3) is 0 Å². The van der Waals surface area contributed by atoms with Gasteiger partial charge in [-0.25, -0.2) is 0 Å². The van der Waals surface area contributed by atoms with E-state index in [9.17, 15) is 9.59 Å². The lowest BCUT2D eigenvalue weighted by Crippen LogP contribution is -2.27. The second kappa shape index (κ2) is 5.71.